The first-order valence-electron chi connectivity index (χ1n) is 10.8. The van der Waals surface area contributed by atoms with Crippen LogP contribution in [0, 0.1) is 11.8 Å². The summed E-state index contributed by atoms with van der Waals surface area (Å²) in [5.74, 6) is -1.70. The molecule has 0 unspecified atom stereocenters. The Balaban J connectivity index is 1.88. The summed E-state index contributed by atoms with van der Waals surface area (Å²) in [4.78, 5) is 41.5. The fraction of sp³-hybridized carbons (Fsp3) is 0.320. The normalized spacial score (nSPS) is 13.0. The summed E-state index contributed by atoms with van der Waals surface area (Å²) in [6.07, 6.45) is 2.30. The zero-order chi connectivity index (χ0) is 23.1. The van der Waals surface area contributed by atoms with Crippen LogP contribution in [0.25, 0.3) is 10.9 Å². The van der Waals surface area contributed by atoms with Crippen LogP contribution < -0.4 is 10.8 Å². The molecule has 3 rings (SSSR count). The van der Waals surface area contributed by atoms with Crippen molar-refractivity contribution in [1.82, 2.24) is 15.8 Å². The molecule has 32 heavy (non-hydrogen) atoms. The number of para-hydroxylation sites is 1. The van der Waals surface area contributed by atoms with Crippen molar-refractivity contribution < 1.29 is 19.6 Å². The number of nitrogens with one attached hydrogen (secondary N) is 3. The molecule has 0 saturated carbocycles. The van der Waals surface area contributed by atoms with Gasteiger partial charge in [-0.1, -0.05) is 62.4 Å². The number of ketones is 1. The molecule has 2 atom stereocenters. The molecule has 0 radical (unpaired) electrons. The number of hydrogen-bond acceptors (Lipinski definition) is 4. The summed E-state index contributed by atoms with van der Waals surface area (Å²) in [5, 5.41) is 12.6. The fourth-order valence-electron chi connectivity index (χ4n) is 3.93. The lowest BCUT2D eigenvalue weighted by Crippen LogP contribution is -2.46. The molecule has 1 heterocycles. The molecule has 168 valence electrons. The number of hydrogen-bond donors (Lipinski definition) is 4. The summed E-state index contributed by atoms with van der Waals surface area (Å²) in [5.41, 5.74) is 3.86. The number of aromatic nitrogens is 1. The molecule has 7 heteroatoms. The van der Waals surface area contributed by atoms with Gasteiger partial charge in [-0.3, -0.25) is 19.6 Å². The third-order valence-electron chi connectivity index (χ3n) is 5.45. The molecule has 0 spiro atoms. The van der Waals surface area contributed by atoms with E-state index in [2.05, 4.69) is 10.3 Å². The molecule has 0 bridgehead atoms. The Labute approximate surface area is 187 Å². The summed E-state index contributed by atoms with van der Waals surface area (Å²) < 4.78 is 0. The van der Waals surface area contributed by atoms with E-state index in [-0.39, 0.29) is 24.0 Å². The predicted molar refractivity (Wildman–Crippen MR) is 122 cm³/mol. The summed E-state index contributed by atoms with van der Waals surface area (Å²) in [6.45, 7) is 3.91. The van der Waals surface area contributed by atoms with E-state index < -0.39 is 17.9 Å². The molecule has 0 fully saturated rings. The van der Waals surface area contributed by atoms with Crippen LogP contribution in [0.3, 0.4) is 0 Å². The summed E-state index contributed by atoms with van der Waals surface area (Å²) in [7, 11) is 0. The molecule has 3 aromatic rings. The van der Waals surface area contributed by atoms with E-state index in [0.29, 0.717) is 18.4 Å². The number of hydroxylamine groups is 1. The smallest absolute Gasteiger partial charge is 0.244 e. The van der Waals surface area contributed by atoms with Gasteiger partial charge in [0.05, 0.1) is 6.04 Å². The van der Waals surface area contributed by atoms with Crippen LogP contribution in [0.2, 0.25) is 0 Å². The molecular weight excluding hydrogens is 406 g/mol. The average Bonchev–Trinajstić information content (AvgIpc) is 3.22. The van der Waals surface area contributed by atoms with Gasteiger partial charge in [0.15, 0.2) is 5.78 Å². The maximum atomic E-state index is 13.5. The average molecular weight is 436 g/mol. The minimum atomic E-state index is -0.795. The van der Waals surface area contributed by atoms with Crippen molar-refractivity contribution in [2.75, 3.05) is 0 Å². The lowest BCUT2D eigenvalue weighted by Gasteiger charge is -2.23. The van der Waals surface area contributed by atoms with Gasteiger partial charge in [-0.2, -0.15) is 0 Å². The molecule has 2 amide bonds. The van der Waals surface area contributed by atoms with Crippen LogP contribution in [-0.4, -0.2) is 33.8 Å². The number of fused-ring (bicyclic) bond motifs is 1. The zero-order valence-electron chi connectivity index (χ0n) is 18.3. The molecule has 0 aliphatic heterocycles. The van der Waals surface area contributed by atoms with E-state index >= 15 is 0 Å². The zero-order valence-corrected chi connectivity index (χ0v) is 18.3. The maximum Gasteiger partial charge on any atom is 0.244 e. The van der Waals surface area contributed by atoms with E-state index in [4.69, 9.17) is 5.21 Å². The number of benzene rings is 2. The number of rotatable bonds is 10. The Bertz CT molecular complexity index is 1070. The summed E-state index contributed by atoms with van der Waals surface area (Å²) >= 11 is 0. The number of amides is 2. The minimum absolute atomic E-state index is 0.153. The molecule has 0 aliphatic rings. The van der Waals surface area contributed by atoms with Crippen molar-refractivity contribution >= 4 is 28.5 Å². The van der Waals surface area contributed by atoms with Crippen molar-refractivity contribution in [2.45, 2.75) is 39.2 Å². The molecule has 2 aromatic carbocycles. The Morgan fingerprint density at radius 1 is 1.00 bits per heavy atom. The highest BCUT2D eigenvalue weighted by molar-refractivity contribution is 6.11. The second kappa shape index (κ2) is 10.7. The van der Waals surface area contributed by atoms with Crippen LogP contribution in [0.4, 0.5) is 0 Å². The van der Waals surface area contributed by atoms with E-state index in [1.807, 2.05) is 68.4 Å². The van der Waals surface area contributed by atoms with Crippen LogP contribution >= 0.6 is 0 Å². The lowest BCUT2D eigenvalue weighted by molar-refractivity contribution is -0.135. The highest BCUT2D eigenvalue weighted by Gasteiger charge is 2.29. The van der Waals surface area contributed by atoms with Crippen LogP contribution in [-0.2, 0) is 16.0 Å². The highest BCUT2D eigenvalue weighted by Crippen LogP contribution is 2.22. The van der Waals surface area contributed by atoms with Crippen molar-refractivity contribution in [1.29, 1.82) is 0 Å². The number of carbonyl (C=O) groups excluding carboxylic acids is 3. The molecule has 0 saturated heterocycles. The minimum Gasteiger partial charge on any atom is -0.360 e. The second-order valence-electron chi connectivity index (χ2n) is 8.43. The Morgan fingerprint density at radius 2 is 1.69 bits per heavy atom. The second-order valence-corrected chi connectivity index (χ2v) is 8.43. The van der Waals surface area contributed by atoms with Gasteiger partial charge >= 0.3 is 0 Å². The fourth-order valence-corrected chi connectivity index (χ4v) is 3.93. The maximum absolute atomic E-state index is 13.5. The predicted octanol–water partition coefficient (Wildman–Crippen LogP) is 3.64. The van der Waals surface area contributed by atoms with Gasteiger partial charge in [-0.05, 0) is 24.0 Å². The first-order chi connectivity index (χ1) is 15.4. The molecule has 1 aromatic heterocycles. The van der Waals surface area contributed by atoms with E-state index in [0.717, 1.165) is 16.5 Å². The lowest BCUT2D eigenvalue weighted by atomic mass is 9.91. The van der Waals surface area contributed by atoms with E-state index in [9.17, 15) is 14.4 Å². The Hall–Kier alpha value is -3.45. The Morgan fingerprint density at radius 3 is 2.38 bits per heavy atom. The van der Waals surface area contributed by atoms with Crippen molar-refractivity contribution in [3.63, 3.8) is 0 Å². The quantitative estimate of drug-likeness (QED) is 0.221. The molecule has 4 N–H and O–H groups in total. The van der Waals surface area contributed by atoms with E-state index in [1.165, 1.54) is 0 Å². The molecule has 0 aliphatic carbocycles. The van der Waals surface area contributed by atoms with Gasteiger partial charge < -0.3 is 10.3 Å². The third-order valence-corrected chi connectivity index (χ3v) is 5.45. The van der Waals surface area contributed by atoms with Gasteiger partial charge in [-0.15, -0.1) is 0 Å². The first kappa shape index (κ1) is 23.2. The number of carbonyl (C=O) groups is 3. The van der Waals surface area contributed by atoms with Crippen molar-refractivity contribution in [3.8, 4) is 0 Å². The molecule has 7 nitrogen and oxygen atoms in total. The standard InChI is InChI=1S/C25H29N3O4/c1-16(2)12-18(14-23(29)28-32)25(31)27-22(13-17-8-4-3-5-9-17)24(30)20-15-26-21-11-7-6-10-19(20)21/h3-11,15-16,18,22,26,32H,12-14H2,1-2H3,(H,27,31)(H,28,29)/t18-,22+/m1/s1. The number of Topliss-reactive ketones (excluding diaryl/α,β-unsaturated/α-hetero) is 1. The third kappa shape index (κ3) is 5.82. The largest absolute Gasteiger partial charge is 0.360 e. The van der Waals surface area contributed by atoms with E-state index in [1.54, 1.807) is 11.7 Å². The topological polar surface area (TPSA) is 111 Å². The summed E-state index contributed by atoms with van der Waals surface area (Å²) in [6, 6.07) is 16.2. The van der Waals surface area contributed by atoms with Crippen molar-refractivity contribution in [2.24, 2.45) is 11.8 Å². The van der Waals surface area contributed by atoms with Gasteiger partial charge in [-0.25, -0.2) is 5.48 Å². The SMILES string of the molecule is CC(C)C[C@H](CC(=O)NO)C(=O)N[C@@H](Cc1ccccc1)C(=O)c1c[nH]c2ccccc12. The van der Waals surface area contributed by atoms with Gasteiger partial charge in [0.25, 0.3) is 0 Å². The van der Waals surface area contributed by atoms with Crippen LogP contribution in [0.1, 0.15) is 42.6 Å². The van der Waals surface area contributed by atoms with Crippen LogP contribution in [0.15, 0.2) is 60.8 Å². The van der Waals surface area contributed by atoms with Crippen molar-refractivity contribution in [3.05, 3.63) is 71.9 Å². The first-order valence-corrected chi connectivity index (χ1v) is 10.8. The number of H-pyrrole nitrogens is 1. The molecular formula is C25H29N3O4. The van der Waals surface area contributed by atoms with Gasteiger partial charge in [0.1, 0.15) is 0 Å². The number of aromatic amines is 1. The van der Waals surface area contributed by atoms with Gasteiger partial charge in [0.2, 0.25) is 11.8 Å². The monoisotopic (exact) mass is 435 g/mol. The Kier molecular flexibility index (Phi) is 7.78. The van der Waals surface area contributed by atoms with Crippen LogP contribution in [0.5, 0.6) is 0 Å². The van der Waals surface area contributed by atoms with Gasteiger partial charge in [0, 0.05) is 41.4 Å². The highest BCUT2D eigenvalue weighted by atomic mass is 16.5.